The van der Waals surface area contributed by atoms with Gasteiger partial charge >= 0.3 is 0 Å². The maximum atomic E-state index is 14.0. The Morgan fingerprint density at radius 3 is 2.70 bits per heavy atom. The molecular weight excluding hydrogens is 277 g/mol. The third-order valence-corrected chi connectivity index (χ3v) is 3.47. The maximum absolute atomic E-state index is 14.0. The smallest absolute Gasteiger partial charge is 0.132 e. The van der Waals surface area contributed by atoms with Gasteiger partial charge in [0.2, 0.25) is 0 Å². The first-order chi connectivity index (χ1) is 9.52. The van der Waals surface area contributed by atoms with Crippen molar-refractivity contribution in [3.8, 4) is 5.75 Å². The van der Waals surface area contributed by atoms with Gasteiger partial charge in [0.05, 0.1) is 18.7 Å². The van der Waals surface area contributed by atoms with Crippen molar-refractivity contribution in [3.05, 3.63) is 58.4 Å². The van der Waals surface area contributed by atoms with E-state index in [1.54, 1.807) is 12.1 Å². The number of ether oxygens (including phenoxy) is 1. The van der Waals surface area contributed by atoms with Gasteiger partial charge in [-0.2, -0.15) is 0 Å². The molecule has 2 rings (SSSR count). The molecule has 2 nitrogen and oxygen atoms in total. The summed E-state index contributed by atoms with van der Waals surface area (Å²) in [4.78, 5) is 0. The van der Waals surface area contributed by atoms with Gasteiger partial charge in [0.25, 0.3) is 0 Å². The van der Waals surface area contributed by atoms with Crippen LogP contribution >= 0.6 is 11.6 Å². The normalized spacial score (nSPS) is 12.1. The standard InChI is InChI=1S/C16H17ClFNO/c1-10-7-8-12(17)9-14(10)19-11(2)16-13(18)5-4-6-15(16)20-3/h4-9,11,19H,1-3H3. The molecular formula is C16H17ClFNO. The maximum Gasteiger partial charge on any atom is 0.132 e. The molecule has 0 fully saturated rings. The minimum absolute atomic E-state index is 0.233. The summed E-state index contributed by atoms with van der Waals surface area (Å²) in [6.45, 7) is 3.87. The number of nitrogens with one attached hydrogen (secondary N) is 1. The van der Waals surface area contributed by atoms with Crippen molar-refractivity contribution in [1.29, 1.82) is 0 Å². The summed E-state index contributed by atoms with van der Waals surface area (Å²) in [7, 11) is 1.54. The van der Waals surface area contributed by atoms with Crippen LogP contribution in [0.3, 0.4) is 0 Å². The van der Waals surface area contributed by atoms with Gasteiger partial charge in [0, 0.05) is 10.7 Å². The minimum Gasteiger partial charge on any atom is -0.496 e. The van der Waals surface area contributed by atoms with Crippen LogP contribution in [0.2, 0.25) is 5.02 Å². The van der Waals surface area contributed by atoms with Crippen molar-refractivity contribution >= 4 is 17.3 Å². The lowest BCUT2D eigenvalue weighted by Crippen LogP contribution is -2.11. The molecule has 0 saturated carbocycles. The lowest BCUT2D eigenvalue weighted by Gasteiger charge is -2.20. The summed E-state index contributed by atoms with van der Waals surface area (Å²) < 4.78 is 19.3. The van der Waals surface area contributed by atoms with Crippen molar-refractivity contribution in [2.45, 2.75) is 19.9 Å². The molecule has 2 aromatic carbocycles. The topological polar surface area (TPSA) is 21.3 Å². The molecule has 0 aliphatic rings. The lowest BCUT2D eigenvalue weighted by atomic mass is 10.1. The molecule has 0 heterocycles. The fraction of sp³-hybridized carbons (Fsp3) is 0.250. The van der Waals surface area contributed by atoms with E-state index in [0.29, 0.717) is 16.3 Å². The van der Waals surface area contributed by atoms with Crippen molar-refractivity contribution in [2.75, 3.05) is 12.4 Å². The average molecular weight is 294 g/mol. The van der Waals surface area contributed by atoms with Crippen LogP contribution in [0.25, 0.3) is 0 Å². The molecule has 0 aromatic heterocycles. The first-order valence-electron chi connectivity index (χ1n) is 6.38. The molecule has 4 heteroatoms. The van der Waals surface area contributed by atoms with E-state index < -0.39 is 0 Å². The summed E-state index contributed by atoms with van der Waals surface area (Å²) in [6, 6.07) is 10.2. The molecule has 20 heavy (non-hydrogen) atoms. The number of methoxy groups -OCH3 is 1. The molecule has 0 saturated heterocycles. The number of benzene rings is 2. The predicted octanol–water partition coefficient (Wildman–Crippen LogP) is 4.97. The molecule has 106 valence electrons. The second kappa shape index (κ2) is 6.14. The Balaban J connectivity index is 2.33. The molecule has 1 atom stereocenters. The van der Waals surface area contributed by atoms with Crippen molar-refractivity contribution in [3.63, 3.8) is 0 Å². The minimum atomic E-state index is -0.288. The molecule has 0 bridgehead atoms. The van der Waals surface area contributed by atoms with Gasteiger partial charge in [-0.15, -0.1) is 0 Å². The van der Waals surface area contributed by atoms with E-state index in [1.165, 1.54) is 13.2 Å². The average Bonchev–Trinajstić information content (AvgIpc) is 2.42. The Morgan fingerprint density at radius 2 is 2.00 bits per heavy atom. The van der Waals surface area contributed by atoms with Gasteiger partial charge in [-0.1, -0.05) is 23.7 Å². The van der Waals surface area contributed by atoms with E-state index >= 15 is 0 Å². The van der Waals surface area contributed by atoms with Crippen molar-refractivity contribution < 1.29 is 9.13 Å². The Hall–Kier alpha value is -1.74. The van der Waals surface area contributed by atoms with Gasteiger partial charge in [-0.05, 0) is 43.7 Å². The second-order valence-electron chi connectivity index (χ2n) is 4.68. The number of rotatable bonds is 4. The van der Waals surface area contributed by atoms with E-state index in [1.807, 2.05) is 32.0 Å². The monoisotopic (exact) mass is 293 g/mol. The molecule has 0 spiro atoms. The molecule has 2 aromatic rings. The number of halogens is 2. The van der Waals surface area contributed by atoms with Crippen LogP contribution in [0.1, 0.15) is 24.1 Å². The van der Waals surface area contributed by atoms with Crippen LogP contribution in [-0.2, 0) is 0 Å². The van der Waals surface area contributed by atoms with Gasteiger partial charge in [0.1, 0.15) is 11.6 Å². The first kappa shape index (κ1) is 14.7. The van der Waals surface area contributed by atoms with E-state index in [4.69, 9.17) is 16.3 Å². The third-order valence-electron chi connectivity index (χ3n) is 3.24. The second-order valence-corrected chi connectivity index (χ2v) is 5.12. The zero-order chi connectivity index (χ0) is 14.7. The number of hydrogen-bond acceptors (Lipinski definition) is 2. The van der Waals surface area contributed by atoms with E-state index in [0.717, 1.165) is 11.3 Å². The molecule has 1 unspecified atom stereocenters. The predicted molar refractivity (Wildman–Crippen MR) is 81.2 cm³/mol. The van der Waals surface area contributed by atoms with Crippen LogP contribution < -0.4 is 10.1 Å². The zero-order valence-electron chi connectivity index (χ0n) is 11.7. The number of aryl methyl sites for hydroxylation is 1. The number of anilines is 1. The molecule has 0 aliphatic heterocycles. The summed E-state index contributed by atoms with van der Waals surface area (Å²) in [6.07, 6.45) is 0. The first-order valence-corrected chi connectivity index (χ1v) is 6.76. The van der Waals surface area contributed by atoms with Gasteiger partial charge < -0.3 is 10.1 Å². The van der Waals surface area contributed by atoms with Crippen LogP contribution in [0.5, 0.6) is 5.75 Å². The fourth-order valence-electron chi connectivity index (χ4n) is 2.17. The highest BCUT2D eigenvalue weighted by molar-refractivity contribution is 6.30. The van der Waals surface area contributed by atoms with Crippen LogP contribution in [0.4, 0.5) is 10.1 Å². The van der Waals surface area contributed by atoms with E-state index in [2.05, 4.69) is 5.32 Å². The molecule has 0 aliphatic carbocycles. The molecule has 0 radical (unpaired) electrons. The van der Waals surface area contributed by atoms with Crippen LogP contribution in [0, 0.1) is 12.7 Å². The summed E-state index contributed by atoms with van der Waals surface area (Å²) in [5.41, 5.74) is 2.45. The molecule has 1 N–H and O–H groups in total. The van der Waals surface area contributed by atoms with Gasteiger partial charge in [-0.3, -0.25) is 0 Å². The Bertz CT molecular complexity index is 615. The summed E-state index contributed by atoms with van der Waals surface area (Å²) >= 11 is 6.00. The highest BCUT2D eigenvalue weighted by Crippen LogP contribution is 2.31. The highest BCUT2D eigenvalue weighted by Gasteiger charge is 2.17. The summed E-state index contributed by atoms with van der Waals surface area (Å²) in [5.74, 6) is 0.244. The zero-order valence-corrected chi connectivity index (χ0v) is 12.5. The molecule has 0 amide bonds. The Labute approximate surface area is 123 Å². The van der Waals surface area contributed by atoms with Crippen LogP contribution in [-0.4, -0.2) is 7.11 Å². The van der Waals surface area contributed by atoms with E-state index in [-0.39, 0.29) is 11.9 Å². The Kier molecular flexibility index (Phi) is 4.50. The van der Waals surface area contributed by atoms with E-state index in [9.17, 15) is 4.39 Å². The quantitative estimate of drug-likeness (QED) is 0.859. The summed E-state index contributed by atoms with van der Waals surface area (Å²) in [5, 5.41) is 3.92. The fourth-order valence-corrected chi connectivity index (χ4v) is 2.34. The SMILES string of the molecule is COc1cccc(F)c1C(C)Nc1cc(Cl)ccc1C. The largest absolute Gasteiger partial charge is 0.496 e. The van der Waals surface area contributed by atoms with Gasteiger partial charge in [0.15, 0.2) is 0 Å². The van der Waals surface area contributed by atoms with Crippen LogP contribution in [0.15, 0.2) is 36.4 Å². The third kappa shape index (κ3) is 3.05. The van der Waals surface area contributed by atoms with Crippen molar-refractivity contribution in [1.82, 2.24) is 0 Å². The van der Waals surface area contributed by atoms with Gasteiger partial charge in [-0.25, -0.2) is 4.39 Å². The Morgan fingerprint density at radius 1 is 1.25 bits per heavy atom. The lowest BCUT2D eigenvalue weighted by molar-refractivity contribution is 0.402. The van der Waals surface area contributed by atoms with Crippen molar-refractivity contribution in [2.24, 2.45) is 0 Å². The highest BCUT2D eigenvalue weighted by atomic mass is 35.5. The number of hydrogen-bond donors (Lipinski definition) is 1.